The number of benzene rings is 4. The van der Waals surface area contributed by atoms with Gasteiger partial charge in [-0.2, -0.15) is 0 Å². The molecule has 0 aromatic heterocycles. The van der Waals surface area contributed by atoms with Crippen LogP contribution in [0.3, 0.4) is 0 Å². The number of phenols is 1. The summed E-state index contributed by atoms with van der Waals surface area (Å²) in [5, 5.41) is 9.31. The van der Waals surface area contributed by atoms with Gasteiger partial charge in [0, 0.05) is 19.3 Å². The molecule has 10 heteroatoms. The van der Waals surface area contributed by atoms with Crippen molar-refractivity contribution < 1.29 is 28.9 Å². The zero-order valence-electron chi connectivity index (χ0n) is 24.5. The van der Waals surface area contributed by atoms with E-state index in [9.17, 15) is 14.7 Å². The lowest BCUT2D eigenvalue weighted by Gasteiger charge is -2.13. The number of Topliss-reactive ketones (excluding diaryl/α,β-unsaturated/α-hetero) is 2. The number of ether oxygens (including phenoxy) is 3. The molecule has 0 spiro atoms. The summed E-state index contributed by atoms with van der Waals surface area (Å²) in [5.74, 6) is 4.59. The van der Waals surface area contributed by atoms with Crippen LogP contribution in [0.1, 0.15) is 44.2 Å². The quantitative estimate of drug-likeness (QED) is 0.142. The van der Waals surface area contributed by atoms with Crippen LogP contribution in [0, 0.1) is 14.3 Å². The van der Waals surface area contributed by atoms with Gasteiger partial charge in [-0.3, -0.25) is 4.79 Å². The molecular weight excluding hydrogens is 1010 g/mol. The number of ketones is 2. The number of carbonyl (C=O) groups excluding carboxylic acids is 2. The second-order valence-corrected chi connectivity index (χ2v) is 14.3. The predicted molar refractivity (Wildman–Crippen MR) is 208 cm³/mol. The molecule has 0 radical (unpaired) electrons. The van der Waals surface area contributed by atoms with Crippen LogP contribution in [0.5, 0.6) is 34.5 Å². The Hall–Kier alpha value is -1.66. The largest absolute Gasteiger partial charge is 0.508 e. The standard InChI is InChI=1S/C18H18I2O3.C16H14I2O3/c1-3-13(21)5-4-12-10-16(19)18(17(20)11-12)23-15-8-6-14(22-2)7-9-15;1-10(19)2-3-11-4-9-14(17)16(15(11)18)21-13-7-5-12(20)6-8-13/h6-11H,3-5H2,1-2H3;4-9,20H,2-3H2,1H3. The molecule has 44 heavy (non-hydrogen) atoms. The lowest BCUT2D eigenvalue weighted by molar-refractivity contribution is -0.119. The fourth-order valence-corrected chi connectivity index (χ4v) is 7.92. The minimum absolute atomic E-state index is 0.186. The fraction of sp³-hybridized carbons (Fsp3) is 0.235. The molecule has 1 N–H and O–H groups in total. The van der Waals surface area contributed by atoms with Crippen molar-refractivity contribution in [1.82, 2.24) is 0 Å². The molecule has 232 valence electrons. The van der Waals surface area contributed by atoms with Crippen molar-refractivity contribution in [2.45, 2.75) is 46.0 Å². The van der Waals surface area contributed by atoms with Gasteiger partial charge in [0.1, 0.15) is 34.6 Å². The van der Waals surface area contributed by atoms with Gasteiger partial charge in [0.25, 0.3) is 0 Å². The second-order valence-electron chi connectivity index (χ2n) is 9.71. The molecular formula is C34H32I4O6. The Morgan fingerprint density at radius 2 is 1.25 bits per heavy atom. The number of hydrogen-bond donors (Lipinski definition) is 1. The number of halogens is 4. The highest BCUT2D eigenvalue weighted by molar-refractivity contribution is 14.1. The molecule has 0 fully saturated rings. The van der Waals surface area contributed by atoms with Crippen molar-refractivity contribution in [3.05, 3.63) is 98.2 Å². The highest BCUT2D eigenvalue weighted by Gasteiger charge is 2.14. The van der Waals surface area contributed by atoms with Gasteiger partial charge in [-0.1, -0.05) is 13.0 Å². The average molecular weight is 1040 g/mol. The van der Waals surface area contributed by atoms with E-state index in [1.807, 2.05) is 43.3 Å². The summed E-state index contributed by atoms with van der Waals surface area (Å²) >= 11 is 9.05. The minimum atomic E-state index is 0.186. The molecule has 0 bridgehead atoms. The van der Waals surface area contributed by atoms with Crippen LogP contribution in [0.4, 0.5) is 0 Å². The van der Waals surface area contributed by atoms with E-state index in [2.05, 4.69) is 102 Å². The van der Waals surface area contributed by atoms with Crippen molar-refractivity contribution in [3.63, 3.8) is 0 Å². The van der Waals surface area contributed by atoms with E-state index in [1.54, 1.807) is 38.3 Å². The van der Waals surface area contributed by atoms with E-state index in [1.165, 1.54) is 5.56 Å². The number of aryl methyl sites for hydroxylation is 2. The van der Waals surface area contributed by atoms with Gasteiger partial charge in [0.05, 0.1) is 21.4 Å². The number of hydrogen-bond acceptors (Lipinski definition) is 6. The predicted octanol–water partition coefficient (Wildman–Crippen LogP) is 10.5. The third-order valence-electron chi connectivity index (χ3n) is 6.36. The molecule has 6 nitrogen and oxygen atoms in total. The SMILES string of the molecule is CC(=O)CCc1ccc(I)c(Oc2ccc(O)cc2)c1I.CCC(=O)CCc1cc(I)c(Oc2ccc(OC)cc2)c(I)c1. The van der Waals surface area contributed by atoms with E-state index < -0.39 is 0 Å². The first-order valence-electron chi connectivity index (χ1n) is 13.7. The minimum Gasteiger partial charge on any atom is -0.508 e. The molecule has 4 rings (SSSR count). The smallest absolute Gasteiger partial charge is 0.154 e. The van der Waals surface area contributed by atoms with E-state index in [0.717, 1.165) is 55.7 Å². The summed E-state index contributed by atoms with van der Waals surface area (Å²) in [7, 11) is 1.64. The number of aromatic hydroxyl groups is 1. The topological polar surface area (TPSA) is 82.1 Å². The van der Waals surface area contributed by atoms with Gasteiger partial charge in [-0.25, -0.2) is 0 Å². The lowest BCUT2D eigenvalue weighted by Crippen LogP contribution is -1.99. The molecule has 0 heterocycles. The van der Waals surface area contributed by atoms with Crippen molar-refractivity contribution in [2.75, 3.05) is 7.11 Å². The van der Waals surface area contributed by atoms with Gasteiger partial charge < -0.3 is 24.1 Å². The normalized spacial score (nSPS) is 10.4. The third-order valence-corrected chi connectivity index (χ3v) is 9.99. The van der Waals surface area contributed by atoms with E-state index >= 15 is 0 Å². The summed E-state index contributed by atoms with van der Waals surface area (Å²) in [6.07, 6.45) is 3.24. The number of methoxy groups -OCH3 is 1. The van der Waals surface area contributed by atoms with Crippen LogP contribution in [0.25, 0.3) is 0 Å². The van der Waals surface area contributed by atoms with Crippen LogP contribution < -0.4 is 14.2 Å². The zero-order valence-corrected chi connectivity index (χ0v) is 33.1. The summed E-state index contributed by atoms with van der Waals surface area (Å²) in [6.45, 7) is 3.51. The Bertz CT molecular complexity index is 1550. The Balaban J connectivity index is 0.000000241. The first-order valence-corrected chi connectivity index (χ1v) is 18.1. The van der Waals surface area contributed by atoms with E-state index in [0.29, 0.717) is 30.8 Å². The molecule has 0 atom stereocenters. The Kier molecular flexibility index (Phi) is 15.5. The van der Waals surface area contributed by atoms with Crippen molar-refractivity contribution in [3.8, 4) is 34.5 Å². The van der Waals surface area contributed by atoms with Gasteiger partial charge in [-0.05, 0) is 188 Å². The number of phenolic OH excluding ortho intramolecular Hbond substituents is 1. The summed E-state index contributed by atoms with van der Waals surface area (Å²) in [6, 6.07) is 22.4. The monoisotopic (exact) mass is 1040 g/mol. The molecule has 4 aromatic carbocycles. The highest BCUT2D eigenvalue weighted by Crippen LogP contribution is 2.35. The summed E-state index contributed by atoms with van der Waals surface area (Å²) < 4.78 is 21.2. The van der Waals surface area contributed by atoms with Crippen molar-refractivity contribution >= 4 is 102 Å². The number of carbonyl (C=O) groups is 2. The molecule has 0 saturated heterocycles. The van der Waals surface area contributed by atoms with Crippen molar-refractivity contribution in [1.29, 1.82) is 0 Å². The van der Waals surface area contributed by atoms with Crippen molar-refractivity contribution in [2.24, 2.45) is 0 Å². The fourth-order valence-electron chi connectivity index (χ4n) is 3.88. The number of rotatable bonds is 12. The highest BCUT2D eigenvalue weighted by atomic mass is 127. The maximum absolute atomic E-state index is 11.5. The van der Waals surface area contributed by atoms with E-state index in [-0.39, 0.29) is 11.5 Å². The summed E-state index contributed by atoms with van der Waals surface area (Å²) in [4.78, 5) is 22.6. The van der Waals surface area contributed by atoms with Gasteiger partial charge in [0.2, 0.25) is 0 Å². The van der Waals surface area contributed by atoms with Gasteiger partial charge in [0.15, 0.2) is 11.5 Å². The molecule has 0 amide bonds. The van der Waals surface area contributed by atoms with Crippen LogP contribution in [-0.4, -0.2) is 23.8 Å². The first-order chi connectivity index (χ1) is 21.0. The molecule has 0 saturated carbocycles. The maximum Gasteiger partial charge on any atom is 0.154 e. The summed E-state index contributed by atoms with van der Waals surface area (Å²) in [5.41, 5.74) is 2.28. The van der Waals surface area contributed by atoms with Crippen LogP contribution in [-0.2, 0) is 22.4 Å². The lowest BCUT2D eigenvalue weighted by atomic mass is 10.1. The van der Waals surface area contributed by atoms with Crippen LogP contribution >= 0.6 is 90.4 Å². The second kappa shape index (κ2) is 18.5. The van der Waals surface area contributed by atoms with Gasteiger partial charge >= 0.3 is 0 Å². The first kappa shape index (κ1) is 36.8. The van der Waals surface area contributed by atoms with Crippen LogP contribution in [0.15, 0.2) is 72.8 Å². The zero-order chi connectivity index (χ0) is 32.2. The average Bonchev–Trinajstić information content (AvgIpc) is 3.01. The molecule has 0 unspecified atom stereocenters. The molecule has 0 aliphatic heterocycles. The Morgan fingerprint density at radius 3 is 1.80 bits per heavy atom. The molecule has 0 aliphatic rings. The van der Waals surface area contributed by atoms with Gasteiger partial charge in [-0.15, -0.1) is 0 Å². The Morgan fingerprint density at radius 1 is 0.705 bits per heavy atom. The van der Waals surface area contributed by atoms with Crippen LogP contribution in [0.2, 0.25) is 0 Å². The molecule has 0 aliphatic carbocycles. The molecule has 4 aromatic rings. The maximum atomic E-state index is 11.5. The third kappa shape index (κ3) is 11.6. The Labute approximate surface area is 313 Å². The van der Waals surface area contributed by atoms with E-state index in [4.69, 9.17) is 14.2 Å².